The molecular weight excluding hydrogens is 362 g/mol. The molecule has 0 amide bonds. The normalized spacial score (nSPS) is 13.1. The molecular formula is C21H21NO6. The van der Waals surface area contributed by atoms with Gasteiger partial charge in [0, 0.05) is 29.3 Å². The zero-order chi connectivity index (χ0) is 19.8. The predicted octanol–water partition coefficient (Wildman–Crippen LogP) is 3.48. The fourth-order valence-electron chi connectivity index (χ4n) is 3.51. The van der Waals surface area contributed by atoms with Crippen LogP contribution in [0.1, 0.15) is 11.1 Å². The lowest BCUT2D eigenvalue weighted by molar-refractivity contribution is 0.288. The third kappa shape index (κ3) is 2.89. The Hall–Kier alpha value is -3.35. The van der Waals surface area contributed by atoms with Gasteiger partial charge in [-0.1, -0.05) is 0 Å². The molecule has 0 N–H and O–H groups in total. The van der Waals surface area contributed by atoms with E-state index in [0.717, 1.165) is 22.2 Å². The van der Waals surface area contributed by atoms with Crippen LogP contribution in [0.3, 0.4) is 0 Å². The van der Waals surface area contributed by atoms with Crippen LogP contribution in [0.2, 0.25) is 0 Å². The first-order valence-corrected chi connectivity index (χ1v) is 8.79. The first-order valence-electron chi connectivity index (χ1n) is 8.79. The highest BCUT2D eigenvalue weighted by molar-refractivity contribution is 5.85. The van der Waals surface area contributed by atoms with E-state index in [0.29, 0.717) is 41.9 Å². The lowest BCUT2D eigenvalue weighted by Gasteiger charge is -2.31. The van der Waals surface area contributed by atoms with E-state index in [-0.39, 0.29) is 5.63 Å². The fourth-order valence-corrected chi connectivity index (χ4v) is 3.51. The van der Waals surface area contributed by atoms with Crippen molar-refractivity contribution in [3.8, 4) is 23.0 Å². The summed E-state index contributed by atoms with van der Waals surface area (Å²) in [5, 5.41) is 0.897. The molecule has 0 saturated carbocycles. The zero-order valence-corrected chi connectivity index (χ0v) is 16.2. The van der Waals surface area contributed by atoms with Crippen LogP contribution in [-0.4, -0.2) is 28.1 Å². The summed E-state index contributed by atoms with van der Waals surface area (Å²) in [7, 11) is 4.72. The second kappa shape index (κ2) is 6.99. The molecule has 0 radical (unpaired) electrons. The number of anilines is 1. The van der Waals surface area contributed by atoms with Crippen LogP contribution in [0.5, 0.6) is 23.0 Å². The molecule has 1 aromatic heterocycles. The summed E-state index contributed by atoms with van der Waals surface area (Å²) in [5.74, 6) is 2.36. The Kier molecular flexibility index (Phi) is 4.50. The molecule has 7 nitrogen and oxygen atoms in total. The van der Waals surface area contributed by atoms with Crippen LogP contribution in [0.25, 0.3) is 11.0 Å². The van der Waals surface area contributed by atoms with Crippen molar-refractivity contribution in [3.05, 3.63) is 51.9 Å². The van der Waals surface area contributed by atoms with E-state index < -0.39 is 0 Å². The number of nitrogens with zero attached hydrogens (tertiary/aromatic N) is 1. The second-order valence-electron chi connectivity index (χ2n) is 6.52. The van der Waals surface area contributed by atoms with Gasteiger partial charge >= 0.3 is 5.63 Å². The van der Waals surface area contributed by atoms with Crippen LogP contribution in [0, 0.1) is 6.92 Å². The maximum atomic E-state index is 11.9. The maximum absolute atomic E-state index is 11.9. The number of methoxy groups -OCH3 is 3. The largest absolute Gasteiger partial charge is 0.493 e. The van der Waals surface area contributed by atoms with E-state index in [2.05, 4.69) is 0 Å². The summed E-state index contributed by atoms with van der Waals surface area (Å²) in [6.07, 6.45) is 0. The van der Waals surface area contributed by atoms with E-state index in [1.165, 1.54) is 6.07 Å². The molecule has 0 aliphatic carbocycles. The highest BCUT2D eigenvalue weighted by Crippen LogP contribution is 2.42. The molecule has 1 aliphatic rings. The number of rotatable bonds is 4. The number of benzene rings is 2. The van der Waals surface area contributed by atoms with Crippen molar-refractivity contribution in [2.75, 3.05) is 33.0 Å². The standard InChI is InChI=1S/C21H21NO6/c1-12-7-19(23)28-20-14(12)5-6-16-15(20)10-22(11-27-16)13-8-17(24-2)21(26-4)18(9-13)25-3/h5-9H,10-11H2,1-4H3. The molecule has 0 spiro atoms. The van der Waals surface area contributed by atoms with Gasteiger partial charge < -0.3 is 28.3 Å². The first-order chi connectivity index (χ1) is 13.5. The first kappa shape index (κ1) is 18.0. The number of hydrogen-bond donors (Lipinski definition) is 0. The van der Waals surface area contributed by atoms with Crippen molar-refractivity contribution >= 4 is 16.7 Å². The van der Waals surface area contributed by atoms with E-state index in [1.807, 2.05) is 36.1 Å². The molecule has 2 aromatic carbocycles. The average Bonchev–Trinajstić information content (AvgIpc) is 2.71. The van der Waals surface area contributed by atoms with Gasteiger partial charge in [0.1, 0.15) is 11.3 Å². The molecule has 28 heavy (non-hydrogen) atoms. The molecule has 1 aliphatic heterocycles. The van der Waals surface area contributed by atoms with E-state index >= 15 is 0 Å². The lowest BCUT2D eigenvalue weighted by Crippen LogP contribution is -2.32. The Morgan fingerprint density at radius 1 is 1.00 bits per heavy atom. The Balaban J connectivity index is 1.81. The minimum Gasteiger partial charge on any atom is -0.493 e. The zero-order valence-electron chi connectivity index (χ0n) is 16.2. The van der Waals surface area contributed by atoms with Gasteiger partial charge in [-0.3, -0.25) is 0 Å². The topological polar surface area (TPSA) is 70.4 Å². The Morgan fingerprint density at radius 3 is 2.36 bits per heavy atom. The van der Waals surface area contributed by atoms with Crippen LogP contribution >= 0.6 is 0 Å². The van der Waals surface area contributed by atoms with Crippen molar-refractivity contribution in [2.45, 2.75) is 13.5 Å². The van der Waals surface area contributed by atoms with Gasteiger partial charge in [-0.15, -0.1) is 0 Å². The van der Waals surface area contributed by atoms with Gasteiger partial charge in [0.05, 0.1) is 33.4 Å². The van der Waals surface area contributed by atoms with E-state index in [1.54, 1.807) is 21.3 Å². The smallest absolute Gasteiger partial charge is 0.336 e. The fraction of sp³-hybridized carbons (Fsp3) is 0.286. The van der Waals surface area contributed by atoms with Crippen LogP contribution in [0.15, 0.2) is 39.5 Å². The number of aryl methyl sites for hydroxylation is 1. The van der Waals surface area contributed by atoms with Crippen molar-refractivity contribution in [1.29, 1.82) is 0 Å². The molecule has 0 fully saturated rings. The molecule has 0 saturated heterocycles. The number of fused-ring (bicyclic) bond motifs is 3. The minimum absolute atomic E-state index is 0.340. The highest BCUT2D eigenvalue weighted by Gasteiger charge is 2.24. The summed E-state index contributed by atoms with van der Waals surface area (Å²) in [6, 6.07) is 9.05. The maximum Gasteiger partial charge on any atom is 0.336 e. The minimum atomic E-state index is -0.372. The summed E-state index contributed by atoms with van der Waals surface area (Å²) in [5.41, 5.74) is 2.73. The third-order valence-electron chi connectivity index (χ3n) is 4.92. The van der Waals surface area contributed by atoms with E-state index in [4.69, 9.17) is 23.4 Å². The molecule has 3 aromatic rings. The Labute approximate surface area is 162 Å². The molecule has 7 heteroatoms. The van der Waals surface area contributed by atoms with Crippen LogP contribution in [-0.2, 0) is 6.54 Å². The Morgan fingerprint density at radius 2 is 1.71 bits per heavy atom. The summed E-state index contributed by atoms with van der Waals surface area (Å²) < 4.78 is 27.7. The number of ether oxygens (including phenoxy) is 4. The summed E-state index contributed by atoms with van der Waals surface area (Å²) >= 11 is 0. The lowest BCUT2D eigenvalue weighted by atomic mass is 10.0. The second-order valence-corrected chi connectivity index (χ2v) is 6.52. The van der Waals surface area contributed by atoms with Crippen molar-refractivity contribution in [1.82, 2.24) is 0 Å². The monoisotopic (exact) mass is 383 g/mol. The Bertz CT molecular complexity index is 1080. The molecule has 2 heterocycles. The summed E-state index contributed by atoms with van der Waals surface area (Å²) in [6.45, 7) is 2.75. The SMILES string of the molecule is COc1cc(N2COc3ccc4c(C)cc(=O)oc4c3C2)cc(OC)c1OC. The molecule has 0 unspecified atom stereocenters. The average molecular weight is 383 g/mol. The number of hydrogen-bond acceptors (Lipinski definition) is 7. The van der Waals surface area contributed by atoms with Gasteiger partial charge in [0.25, 0.3) is 0 Å². The quantitative estimate of drug-likeness (QED) is 0.639. The summed E-state index contributed by atoms with van der Waals surface area (Å²) in [4.78, 5) is 13.9. The van der Waals surface area contributed by atoms with Crippen LogP contribution in [0.4, 0.5) is 5.69 Å². The van der Waals surface area contributed by atoms with Gasteiger partial charge in [-0.2, -0.15) is 0 Å². The van der Waals surface area contributed by atoms with Crippen molar-refractivity contribution in [3.63, 3.8) is 0 Å². The van der Waals surface area contributed by atoms with Crippen molar-refractivity contribution < 1.29 is 23.4 Å². The van der Waals surface area contributed by atoms with Crippen LogP contribution < -0.4 is 29.5 Å². The highest BCUT2D eigenvalue weighted by atomic mass is 16.5. The van der Waals surface area contributed by atoms with Gasteiger partial charge in [-0.05, 0) is 24.6 Å². The third-order valence-corrected chi connectivity index (χ3v) is 4.92. The molecule has 146 valence electrons. The molecule has 0 atom stereocenters. The van der Waals surface area contributed by atoms with E-state index in [9.17, 15) is 4.79 Å². The van der Waals surface area contributed by atoms with Gasteiger partial charge in [0.15, 0.2) is 18.2 Å². The van der Waals surface area contributed by atoms with Crippen molar-refractivity contribution in [2.24, 2.45) is 0 Å². The van der Waals surface area contributed by atoms with Gasteiger partial charge in [-0.25, -0.2) is 4.79 Å². The molecule has 0 bridgehead atoms. The molecule has 4 rings (SSSR count). The van der Waals surface area contributed by atoms with Gasteiger partial charge in [0.2, 0.25) is 5.75 Å². The predicted molar refractivity (Wildman–Crippen MR) is 105 cm³/mol.